The van der Waals surface area contributed by atoms with E-state index in [2.05, 4.69) is 44.2 Å². The molecule has 0 N–H and O–H groups in total. The Balaban J connectivity index is 2.63. The van der Waals surface area contributed by atoms with Gasteiger partial charge in [-0.1, -0.05) is 41.5 Å². The summed E-state index contributed by atoms with van der Waals surface area (Å²) in [5.41, 5.74) is 2.48. The van der Waals surface area contributed by atoms with Crippen molar-refractivity contribution in [2.75, 3.05) is 0 Å². The lowest BCUT2D eigenvalue weighted by molar-refractivity contribution is 0.321. The Morgan fingerprint density at radius 2 is 1.94 bits per heavy atom. The lowest BCUT2D eigenvalue weighted by atomic mass is 10.2. The summed E-state index contributed by atoms with van der Waals surface area (Å²) in [5, 5.41) is 0. The first kappa shape index (κ1) is 14.3. The standard InChI is InChI=1S/C17H22O/c1-5-7-14(2)10-12-16(4)18-17-9-6-8-15(3)11-13-17/h5,7-13H,6H2,1-4H3/b7-5-,14-10-,16-12+. The Morgan fingerprint density at radius 1 is 1.17 bits per heavy atom. The van der Waals surface area contributed by atoms with Crippen molar-refractivity contribution in [2.24, 2.45) is 0 Å². The Kier molecular flexibility index (Phi) is 5.99. The lowest BCUT2D eigenvalue weighted by Gasteiger charge is -2.05. The molecule has 0 aromatic carbocycles. The topological polar surface area (TPSA) is 9.23 Å². The molecule has 0 bridgehead atoms. The molecule has 1 aliphatic rings. The van der Waals surface area contributed by atoms with Crippen molar-refractivity contribution in [1.29, 1.82) is 0 Å². The third-order valence-electron chi connectivity index (χ3n) is 2.56. The third kappa shape index (κ3) is 5.53. The van der Waals surface area contributed by atoms with Crippen LogP contribution in [0.25, 0.3) is 0 Å². The molecule has 0 unspecified atom stereocenters. The summed E-state index contributed by atoms with van der Waals surface area (Å²) in [6.07, 6.45) is 17.4. The fourth-order valence-electron chi connectivity index (χ4n) is 1.57. The van der Waals surface area contributed by atoms with Gasteiger partial charge in [-0.15, -0.1) is 0 Å². The molecule has 1 rings (SSSR count). The Labute approximate surface area is 111 Å². The van der Waals surface area contributed by atoms with Crippen LogP contribution in [0, 0.1) is 0 Å². The second kappa shape index (κ2) is 7.54. The summed E-state index contributed by atoms with van der Waals surface area (Å²) in [7, 11) is 0. The molecule has 0 aromatic rings. The molecule has 0 atom stereocenters. The normalized spacial score (nSPS) is 17.6. The predicted molar refractivity (Wildman–Crippen MR) is 79.0 cm³/mol. The van der Waals surface area contributed by atoms with Crippen molar-refractivity contribution >= 4 is 0 Å². The minimum atomic E-state index is 0.898. The van der Waals surface area contributed by atoms with Gasteiger partial charge in [-0.3, -0.25) is 0 Å². The highest BCUT2D eigenvalue weighted by Gasteiger charge is 1.98. The highest BCUT2D eigenvalue weighted by atomic mass is 16.5. The highest BCUT2D eigenvalue weighted by molar-refractivity contribution is 5.29. The first-order valence-electron chi connectivity index (χ1n) is 6.32. The van der Waals surface area contributed by atoms with Crippen LogP contribution < -0.4 is 0 Å². The van der Waals surface area contributed by atoms with Gasteiger partial charge in [-0.05, 0) is 52.3 Å². The minimum Gasteiger partial charge on any atom is -0.462 e. The zero-order chi connectivity index (χ0) is 13.4. The van der Waals surface area contributed by atoms with Crippen LogP contribution in [-0.2, 0) is 4.74 Å². The van der Waals surface area contributed by atoms with E-state index in [9.17, 15) is 0 Å². The van der Waals surface area contributed by atoms with Crippen molar-refractivity contribution in [1.82, 2.24) is 0 Å². The number of ether oxygens (including phenoxy) is 1. The van der Waals surface area contributed by atoms with E-state index in [1.165, 1.54) is 11.1 Å². The molecular formula is C17H22O. The zero-order valence-electron chi connectivity index (χ0n) is 11.7. The van der Waals surface area contributed by atoms with Crippen molar-refractivity contribution in [2.45, 2.75) is 34.1 Å². The summed E-state index contributed by atoms with van der Waals surface area (Å²) in [4.78, 5) is 0. The first-order chi connectivity index (χ1) is 8.61. The van der Waals surface area contributed by atoms with Crippen LogP contribution in [0.3, 0.4) is 0 Å². The van der Waals surface area contributed by atoms with E-state index in [-0.39, 0.29) is 0 Å². The maximum Gasteiger partial charge on any atom is 0.123 e. The minimum absolute atomic E-state index is 0.898. The van der Waals surface area contributed by atoms with Gasteiger partial charge in [-0.25, -0.2) is 0 Å². The molecule has 1 aliphatic carbocycles. The quantitative estimate of drug-likeness (QED) is 0.485. The Bertz CT molecular complexity index is 454. The summed E-state index contributed by atoms with van der Waals surface area (Å²) < 4.78 is 5.78. The van der Waals surface area contributed by atoms with E-state index in [1.807, 2.05) is 32.1 Å². The molecule has 96 valence electrons. The molecule has 0 fully saturated rings. The molecule has 0 heterocycles. The van der Waals surface area contributed by atoms with E-state index in [1.54, 1.807) is 0 Å². The van der Waals surface area contributed by atoms with Crippen LogP contribution in [0.1, 0.15) is 34.1 Å². The maximum absolute atomic E-state index is 5.78. The van der Waals surface area contributed by atoms with Crippen LogP contribution in [0.4, 0.5) is 0 Å². The summed E-state index contributed by atoms with van der Waals surface area (Å²) in [6, 6.07) is 0. The van der Waals surface area contributed by atoms with Crippen LogP contribution >= 0.6 is 0 Å². The molecule has 18 heavy (non-hydrogen) atoms. The van der Waals surface area contributed by atoms with Crippen LogP contribution in [0.15, 0.2) is 71.3 Å². The smallest absolute Gasteiger partial charge is 0.123 e. The van der Waals surface area contributed by atoms with Gasteiger partial charge in [0.05, 0.1) is 0 Å². The van der Waals surface area contributed by atoms with E-state index in [0.29, 0.717) is 0 Å². The second-order valence-corrected chi connectivity index (χ2v) is 4.41. The molecular weight excluding hydrogens is 220 g/mol. The highest BCUT2D eigenvalue weighted by Crippen LogP contribution is 2.14. The van der Waals surface area contributed by atoms with Crippen molar-refractivity contribution in [3.05, 3.63) is 71.3 Å². The number of hydrogen-bond acceptors (Lipinski definition) is 1. The summed E-state index contributed by atoms with van der Waals surface area (Å²) in [5.74, 6) is 1.81. The van der Waals surface area contributed by atoms with Gasteiger partial charge in [0.2, 0.25) is 0 Å². The average Bonchev–Trinajstić information content (AvgIpc) is 2.52. The number of hydrogen-bond donors (Lipinski definition) is 0. The third-order valence-corrected chi connectivity index (χ3v) is 2.56. The predicted octanol–water partition coefficient (Wildman–Crippen LogP) is 5.22. The number of rotatable bonds is 4. The summed E-state index contributed by atoms with van der Waals surface area (Å²) in [6.45, 7) is 8.15. The van der Waals surface area contributed by atoms with Gasteiger partial charge in [0.15, 0.2) is 0 Å². The Hall–Kier alpha value is -1.76. The first-order valence-corrected chi connectivity index (χ1v) is 6.32. The fourth-order valence-corrected chi connectivity index (χ4v) is 1.57. The molecule has 1 heteroatoms. The zero-order valence-corrected chi connectivity index (χ0v) is 11.7. The molecule has 1 nitrogen and oxygen atoms in total. The molecule has 0 radical (unpaired) electrons. The lowest BCUT2D eigenvalue weighted by Crippen LogP contribution is -1.86. The van der Waals surface area contributed by atoms with E-state index in [0.717, 1.165) is 17.9 Å². The fraction of sp³-hybridized carbons (Fsp3) is 0.294. The van der Waals surface area contributed by atoms with E-state index >= 15 is 0 Å². The van der Waals surface area contributed by atoms with E-state index < -0.39 is 0 Å². The van der Waals surface area contributed by atoms with Gasteiger partial charge in [0.1, 0.15) is 11.5 Å². The van der Waals surface area contributed by atoms with Gasteiger partial charge >= 0.3 is 0 Å². The van der Waals surface area contributed by atoms with Gasteiger partial charge in [-0.2, -0.15) is 0 Å². The molecule has 0 aromatic heterocycles. The van der Waals surface area contributed by atoms with Crippen molar-refractivity contribution < 1.29 is 4.74 Å². The van der Waals surface area contributed by atoms with Crippen LogP contribution in [-0.4, -0.2) is 0 Å². The van der Waals surface area contributed by atoms with Crippen molar-refractivity contribution in [3.63, 3.8) is 0 Å². The molecule has 0 saturated carbocycles. The molecule has 0 amide bonds. The SMILES string of the molecule is C\C=C/C(C)=C\C=C(/C)OC1=CCC=C(C)C=C1. The van der Waals surface area contributed by atoms with E-state index in [4.69, 9.17) is 4.74 Å². The van der Waals surface area contributed by atoms with Gasteiger partial charge in [0.25, 0.3) is 0 Å². The number of allylic oxidation sites excluding steroid dienone is 11. The Morgan fingerprint density at radius 3 is 2.67 bits per heavy atom. The maximum atomic E-state index is 5.78. The summed E-state index contributed by atoms with van der Waals surface area (Å²) >= 11 is 0. The average molecular weight is 242 g/mol. The molecule has 0 aliphatic heterocycles. The van der Waals surface area contributed by atoms with Gasteiger partial charge in [0, 0.05) is 0 Å². The van der Waals surface area contributed by atoms with Crippen LogP contribution in [0.5, 0.6) is 0 Å². The monoisotopic (exact) mass is 242 g/mol. The molecule has 0 saturated heterocycles. The van der Waals surface area contributed by atoms with Crippen molar-refractivity contribution in [3.8, 4) is 0 Å². The van der Waals surface area contributed by atoms with Crippen LogP contribution in [0.2, 0.25) is 0 Å². The largest absolute Gasteiger partial charge is 0.462 e. The van der Waals surface area contributed by atoms with Gasteiger partial charge < -0.3 is 4.74 Å². The molecule has 0 spiro atoms. The second-order valence-electron chi connectivity index (χ2n) is 4.41.